The Kier molecular flexibility index (Phi) is 6.20. The van der Waals surface area contributed by atoms with Crippen LogP contribution in [0.15, 0.2) is 113 Å². The van der Waals surface area contributed by atoms with Crippen LogP contribution in [0.4, 0.5) is 22.9 Å². The van der Waals surface area contributed by atoms with Crippen LogP contribution < -0.4 is 10.2 Å². The number of fused-ring (bicyclic) bond motifs is 4. The number of para-hydroxylation sites is 3. The second kappa shape index (κ2) is 10.1. The number of aliphatic imine (C=N–C) groups is 2. The SMILES string of the molecule is Cc1nn(-c2ccccc2)c2c1[C@H](c1ccc(C(C)C)cc1)N1C(=N2)C(Nc2cccc(Cl)c2)=Nc2ccccc21. The van der Waals surface area contributed by atoms with E-state index in [0.717, 1.165) is 51.2 Å². The van der Waals surface area contributed by atoms with Gasteiger partial charge in [-0.15, -0.1) is 0 Å². The normalized spacial score (nSPS) is 15.5. The van der Waals surface area contributed by atoms with Crippen molar-refractivity contribution < 1.29 is 0 Å². The molecule has 2 aliphatic heterocycles. The smallest absolute Gasteiger partial charge is 0.179 e. The lowest BCUT2D eigenvalue weighted by atomic mass is 9.91. The quantitative estimate of drug-likeness (QED) is 0.241. The van der Waals surface area contributed by atoms with Gasteiger partial charge in [0.1, 0.15) is 0 Å². The van der Waals surface area contributed by atoms with Crippen LogP contribution >= 0.6 is 11.6 Å². The number of aryl methyl sites for hydroxylation is 1. The first-order valence-electron chi connectivity index (χ1n) is 13.8. The number of hydrogen-bond acceptors (Lipinski definition) is 5. The van der Waals surface area contributed by atoms with Gasteiger partial charge in [-0.1, -0.05) is 86.1 Å². The van der Waals surface area contributed by atoms with Crippen LogP contribution in [0.3, 0.4) is 0 Å². The van der Waals surface area contributed by atoms with Gasteiger partial charge in [0.25, 0.3) is 0 Å². The molecule has 1 aromatic heterocycles. The highest BCUT2D eigenvalue weighted by Crippen LogP contribution is 2.48. The highest BCUT2D eigenvalue weighted by Gasteiger charge is 2.41. The van der Waals surface area contributed by atoms with Crippen molar-refractivity contribution in [2.45, 2.75) is 32.7 Å². The molecule has 2 aliphatic rings. The van der Waals surface area contributed by atoms with Crippen LogP contribution in [-0.2, 0) is 0 Å². The molecule has 0 spiro atoms. The zero-order valence-electron chi connectivity index (χ0n) is 23.1. The lowest BCUT2D eigenvalue weighted by molar-refractivity contribution is 0.810. The van der Waals surface area contributed by atoms with Crippen LogP contribution in [0.1, 0.15) is 48.2 Å². The number of nitrogens with one attached hydrogen (secondary N) is 1. The van der Waals surface area contributed by atoms with Crippen molar-refractivity contribution in [2.24, 2.45) is 9.98 Å². The molecule has 1 N–H and O–H groups in total. The summed E-state index contributed by atoms with van der Waals surface area (Å²) in [5.74, 6) is 2.63. The van der Waals surface area contributed by atoms with E-state index >= 15 is 0 Å². The fraction of sp³-hybridized carbons (Fsp3) is 0.147. The molecule has 1 atom stereocenters. The van der Waals surface area contributed by atoms with Gasteiger partial charge in [0, 0.05) is 16.3 Å². The molecule has 7 heteroatoms. The summed E-state index contributed by atoms with van der Waals surface area (Å²) in [6.07, 6.45) is 0. The summed E-state index contributed by atoms with van der Waals surface area (Å²) in [4.78, 5) is 12.7. The molecule has 0 saturated carbocycles. The predicted octanol–water partition coefficient (Wildman–Crippen LogP) is 8.75. The van der Waals surface area contributed by atoms with Gasteiger partial charge in [0.05, 0.1) is 28.8 Å². The first-order chi connectivity index (χ1) is 20.0. The van der Waals surface area contributed by atoms with Gasteiger partial charge in [-0.2, -0.15) is 5.10 Å². The van der Waals surface area contributed by atoms with Crippen molar-refractivity contribution in [1.29, 1.82) is 0 Å². The summed E-state index contributed by atoms with van der Waals surface area (Å²) in [5, 5.41) is 9.19. The monoisotopic (exact) mass is 556 g/mol. The van der Waals surface area contributed by atoms with E-state index in [1.165, 1.54) is 5.56 Å². The van der Waals surface area contributed by atoms with Crippen molar-refractivity contribution in [2.75, 3.05) is 10.2 Å². The van der Waals surface area contributed by atoms with Crippen LogP contribution in [-0.4, -0.2) is 21.5 Å². The second-order valence-electron chi connectivity index (χ2n) is 10.7. The molecular formula is C34H29ClN6. The van der Waals surface area contributed by atoms with Crippen molar-refractivity contribution in [3.8, 4) is 5.69 Å². The van der Waals surface area contributed by atoms with Crippen LogP contribution in [0.2, 0.25) is 5.02 Å². The van der Waals surface area contributed by atoms with Crippen LogP contribution in [0, 0.1) is 6.92 Å². The third kappa shape index (κ3) is 4.41. The number of anilines is 2. The van der Waals surface area contributed by atoms with Crippen molar-refractivity contribution in [1.82, 2.24) is 9.78 Å². The zero-order valence-corrected chi connectivity index (χ0v) is 23.8. The molecule has 0 fully saturated rings. The molecule has 0 amide bonds. The number of amidine groups is 2. The van der Waals surface area contributed by atoms with E-state index < -0.39 is 0 Å². The molecule has 202 valence electrons. The van der Waals surface area contributed by atoms with E-state index in [4.69, 9.17) is 26.7 Å². The summed E-state index contributed by atoms with van der Waals surface area (Å²) in [6, 6.07) is 34.8. The Morgan fingerprint density at radius 1 is 0.829 bits per heavy atom. The number of aromatic nitrogens is 2. The predicted molar refractivity (Wildman–Crippen MR) is 169 cm³/mol. The zero-order chi connectivity index (χ0) is 28.1. The van der Waals surface area contributed by atoms with Gasteiger partial charge >= 0.3 is 0 Å². The van der Waals surface area contributed by atoms with Gasteiger partial charge in [0.15, 0.2) is 17.5 Å². The fourth-order valence-corrected chi connectivity index (χ4v) is 5.82. The average Bonchev–Trinajstić information content (AvgIpc) is 3.32. The molecule has 0 unspecified atom stereocenters. The van der Waals surface area contributed by atoms with Crippen molar-refractivity contribution in [3.05, 3.63) is 131 Å². The number of hydrogen-bond donors (Lipinski definition) is 1. The number of benzene rings is 4. The van der Waals surface area contributed by atoms with E-state index in [-0.39, 0.29) is 6.04 Å². The molecule has 3 heterocycles. The summed E-state index contributed by atoms with van der Waals surface area (Å²) < 4.78 is 1.95. The second-order valence-corrected chi connectivity index (χ2v) is 11.1. The minimum atomic E-state index is -0.163. The molecule has 5 aromatic rings. The average molecular weight is 557 g/mol. The maximum absolute atomic E-state index is 6.35. The molecule has 6 nitrogen and oxygen atoms in total. The first kappa shape index (κ1) is 25.3. The Morgan fingerprint density at radius 2 is 1.59 bits per heavy atom. The third-order valence-electron chi connectivity index (χ3n) is 7.65. The van der Waals surface area contributed by atoms with Gasteiger partial charge in [0.2, 0.25) is 0 Å². The Balaban J connectivity index is 1.48. The van der Waals surface area contributed by atoms with Crippen molar-refractivity contribution in [3.63, 3.8) is 0 Å². The number of halogens is 1. The maximum Gasteiger partial charge on any atom is 0.179 e. The van der Waals surface area contributed by atoms with E-state index in [0.29, 0.717) is 16.8 Å². The van der Waals surface area contributed by atoms with Crippen molar-refractivity contribution >= 4 is 46.2 Å². The molecule has 0 aliphatic carbocycles. The Hall–Kier alpha value is -4.68. The molecule has 0 bridgehead atoms. The largest absolute Gasteiger partial charge is 0.337 e. The van der Waals surface area contributed by atoms with E-state index in [9.17, 15) is 0 Å². The molecular weight excluding hydrogens is 528 g/mol. The van der Waals surface area contributed by atoms with E-state index in [2.05, 4.69) is 79.5 Å². The Bertz CT molecular complexity index is 1820. The topological polar surface area (TPSA) is 57.8 Å². The number of nitrogens with zero attached hydrogens (tertiary/aromatic N) is 5. The Labute approximate surface area is 244 Å². The molecule has 0 radical (unpaired) electrons. The lowest BCUT2D eigenvalue weighted by Gasteiger charge is -2.40. The van der Waals surface area contributed by atoms with Gasteiger partial charge in [-0.05, 0) is 66.4 Å². The van der Waals surface area contributed by atoms with Gasteiger partial charge in [-0.3, -0.25) is 0 Å². The highest BCUT2D eigenvalue weighted by molar-refractivity contribution is 6.51. The Morgan fingerprint density at radius 3 is 2.34 bits per heavy atom. The third-order valence-corrected chi connectivity index (χ3v) is 7.88. The summed E-state index contributed by atoms with van der Waals surface area (Å²) in [6.45, 7) is 6.51. The summed E-state index contributed by atoms with van der Waals surface area (Å²) in [7, 11) is 0. The maximum atomic E-state index is 6.35. The standard InChI is InChI=1S/C34H29ClN6/c1-21(2)23-16-18-24(19-17-23)31-30-22(3)39-41(27-12-5-4-6-13-27)33(30)38-34-32(36-26-11-9-10-25(35)20-26)37-28-14-7-8-15-29(28)40(31)34/h4-21,31H,1-3H3,(H,36,37)/t31-/m0/s1. The highest BCUT2D eigenvalue weighted by atomic mass is 35.5. The molecule has 0 saturated heterocycles. The van der Waals surface area contributed by atoms with Gasteiger partial charge in [-0.25, -0.2) is 14.7 Å². The minimum absolute atomic E-state index is 0.163. The minimum Gasteiger partial charge on any atom is -0.337 e. The summed E-state index contributed by atoms with van der Waals surface area (Å²) in [5.41, 5.74) is 8.16. The van der Waals surface area contributed by atoms with E-state index in [1.807, 2.05) is 59.3 Å². The molecule has 4 aromatic carbocycles. The molecule has 41 heavy (non-hydrogen) atoms. The first-order valence-corrected chi connectivity index (χ1v) is 14.2. The van der Waals surface area contributed by atoms with Gasteiger partial charge < -0.3 is 10.2 Å². The molecule has 7 rings (SSSR count). The summed E-state index contributed by atoms with van der Waals surface area (Å²) >= 11 is 6.35. The van der Waals surface area contributed by atoms with E-state index in [1.54, 1.807) is 0 Å². The lowest BCUT2D eigenvalue weighted by Crippen LogP contribution is -2.46. The fourth-order valence-electron chi connectivity index (χ4n) is 5.63. The van der Waals surface area contributed by atoms with Crippen LogP contribution in [0.25, 0.3) is 5.69 Å². The van der Waals surface area contributed by atoms with Crippen LogP contribution in [0.5, 0.6) is 0 Å². The number of rotatable bonds is 4.